The first-order valence-electron chi connectivity index (χ1n) is 9.87. The molecular weight excluding hydrogens is 378 g/mol. The van der Waals surface area contributed by atoms with Crippen LogP contribution in [-0.2, 0) is 4.79 Å². The van der Waals surface area contributed by atoms with E-state index in [1.807, 2.05) is 73.7 Å². The zero-order valence-electron chi connectivity index (χ0n) is 17.6. The van der Waals surface area contributed by atoms with E-state index in [0.717, 1.165) is 16.8 Å². The van der Waals surface area contributed by atoms with Gasteiger partial charge in [0, 0.05) is 5.69 Å². The Balaban J connectivity index is 1.74. The summed E-state index contributed by atoms with van der Waals surface area (Å²) in [4.78, 5) is 15.0. The van der Waals surface area contributed by atoms with Crippen LogP contribution in [0.1, 0.15) is 22.7 Å². The van der Waals surface area contributed by atoms with Crippen molar-refractivity contribution in [1.29, 1.82) is 0 Å². The van der Waals surface area contributed by atoms with Crippen molar-refractivity contribution in [3.8, 4) is 17.2 Å². The average molecular weight is 403 g/mol. The number of β-lactam (4-membered cyclic amide) rings is 1. The van der Waals surface area contributed by atoms with Crippen LogP contribution in [0.25, 0.3) is 0 Å². The third-order valence-electron chi connectivity index (χ3n) is 5.57. The molecular formula is C25H25NO4. The fourth-order valence-electron chi connectivity index (χ4n) is 3.75. The minimum Gasteiger partial charge on any atom is -0.493 e. The van der Waals surface area contributed by atoms with Gasteiger partial charge in [-0.1, -0.05) is 30.3 Å². The molecule has 0 saturated carbocycles. The molecule has 30 heavy (non-hydrogen) atoms. The Labute approximate surface area is 176 Å². The van der Waals surface area contributed by atoms with Gasteiger partial charge >= 0.3 is 0 Å². The molecule has 3 aromatic rings. The summed E-state index contributed by atoms with van der Waals surface area (Å²) in [5, 5.41) is 0. The van der Waals surface area contributed by atoms with Gasteiger partial charge in [-0.25, -0.2) is 0 Å². The molecule has 0 bridgehead atoms. The van der Waals surface area contributed by atoms with Crippen molar-refractivity contribution in [3.63, 3.8) is 0 Å². The van der Waals surface area contributed by atoms with E-state index in [2.05, 4.69) is 6.92 Å². The largest absolute Gasteiger partial charge is 0.493 e. The molecule has 1 fully saturated rings. The van der Waals surface area contributed by atoms with Gasteiger partial charge in [0.05, 0.1) is 14.2 Å². The van der Waals surface area contributed by atoms with Gasteiger partial charge in [-0.3, -0.25) is 9.69 Å². The highest BCUT2D eigenvalue weighted by molar-refractivity contribution is 6.05. The smallest absolute Gasteiger partial charge is 0.271 e. The molecule has 4 rings (SSSR count). The average Bonchev–Trinajstić information content (AvgIpc) is 2.78. The Hall–Kier alpha value is -3.47. The molecule has 0 N–H and O–H groups in total. The molecule has 5 heteroatoms. The number of methoxy groups -OCH3 is 2. The Kier molecular flexibility index (Phi) is 5.36. The highest BCUT2D eigenvalue weighted by Crippen LogP contribution is 2.43. The zero-order chi connectivity index (χ0) is 21.3. The number of hydrogen-bond donors (Lipinski definition) is 0. The molecule has 2 atom stereocenters. The van der Waals surface area contributed by atoms with E-state index in [9.17, 15) is 4.79 Å². The Morgan fingerprint density at radius 2 is 1.53 bits per heavy atom. The monoisotopic (exact) mass is 403 g/mol. The van der Waals surface area contributed by atoms with Crippen LogP contribution in [0.3, 0.4) is 0 Å². The van der Waals surface area contributed by atoms with Crippen molar-refractivity contribution >= 4 is 11.6 Å². The van der Waals surface area contributed by atoms with Crippen LogP contribution in [0.2, 0.25) is 0 Å². The highest BCUT2D eigenvalue weighted by Gasteiger charge is 2.51. The lowest BCUT2D eigenvalue weighted by Gasteiger charge is -2.46. The number of aryl methyl sites for hydroxylation is 2. The second-order valence-corrected chi connectivity index (χ2v) is 7.39. The first-order valence-corrected chi connectivity index (χ1v) is 9.87. The molecule has 1 aliphatic heterocycles. The summed E-state index contributed by atoms with van der Waals surface area (Å²) in [6, 6.07) is 20.9. The van der Waals surface area contributed by atoms with Crippen molar-refractivity contribution in [3.05, 3.63) is 83.4 Å². The first-order chi connectivity index (χ1) is 14.5. The maximum Gasteiger partial charge on any atom is 0.271 e. The van der Waals surface area contributed by atoms with E-state index in [-0.39, 0.29) is 11.9 Å². The number of nitrogens with zero attached hydrogens (tertiary/aromatic N) is 1. The molecule has 1 saturated heterocycles. The molecule has 1 amide bonds. The second kappa shape index (κ2) is 8.11. The number of benzene rings is 3. The molecule has 0 aliphatic carbocycles. The topological polar surface area (TPSA) is 48.0 Å². The predicted molar refractivity (Wildman–Crippen MR) is 117 cm³/mol. The summed E-state index contributed by atoms with van der Waals surface area (Å²) in [6.07, 6.45) is -0.618. The maximum absolute atomic E-state index is 13.2. The standard InChI is InChI=1S/C25H25NO4/c1-16-10-12-19(14-17(16)2)26-23(18-11-13-21(28-3)22(15-18)29-4)24(25(26)27)30-20-8-6-5-7-9-20/h5-15,23-24H,1-4H3/t23-,24-/m1/s1. The number of para-hydroxylation sites is 1. The summed E-state index contributed by atoms with van der Waals surface area (Å²) in [7, 11) is 3.21. The zero-order valence-corrected chi connectivity index (χ0v) is 17.6. The van der Waals surface area contributed by atoms with E-state index >= 15 is 0 Å². The quantitative estimate of drug-likeness (QED) is 0.552. The number of carbonyl (C=O) groups is 1. The van der Waals surface area contributed by atoms with Gasteiger partial charge in [-0.05, 0) is 66.9 Å². The molecule has 1 aliphatic rings. The normalized spacial score (nSPS) is 18.0. The molecule has 0 radical (unpaired) electrons. The van der Waals surface area contributed by atoms with Crippen LogP contribution in [0.15, 0.2) is 66.7 Å². The summed E-state index contributed by atoms with van der Waals surface area (Å²) < 4.78 is 17.0. The third-order valence-corrected chi connectivity index (χ3v) is 5.57. The lowest BCUT2D eigenvalue weighted by Crippen LogP contribution is -2.61. The van der Waals surface area contributed by atoms with Crippen molar-refractivity contribution < 1.29 is 19.0 Å². The van der Waals surface area contributed by atoms with E-state index in [0.29, 0.717) is 17.2 Å². The molecule has 5 nitrogen and oxygen atoms in total. The van der Waals surface area contributed by atoms with E-state index < -0.39 is 6.10 Å². The predicted octanol–water partition coefficient (Wildman–Crippen LogP) is 4.86. The number of carbonyl (C=O) groups excluding carboxylic acids is 1. The summed E-state index contributed by atoms with van der Waals surface area (Å²) in [6.45, 7) is 4.11. The number of hydrogen-bond acceptors (Lipinski definition) is 4. The van der Waals surface area contributed by atoms with Gasteiger partial charge in [-0.2, -0.15) is 0 Å². The van der Waals surface area contributed by atoms with Gasteiger partial charge in [0.1, 0.15) is 11.8 Å². The number of ether oxygens (including phenoxy) is 3. The van der Waals surface area contributed by atoms with Crippen molar-refractivity contribution in [2.24, 2.45) is 0 Å². The van der Waals surface area contributed by atoms with E-state index in [1.54, 1.807) is 19.1 Å². The number of rotatable bonds is 6. The van der Waals surface area contributed by atoms with Gasteiger partial charge in [0.2, 0.25) is 6.10 Å². The summed E-state index contributed by atoms with van der Waals surface area (Å²) >= 11 is 0. The van der Waals surface area contributed by atoms with Gasteiger partial charge in [0.25, 0.3) is 5.91 Å². The van der Waals surface area contributed by atoms with Gasteiger partial charge < -0.3 is 14.2 Å². The van der Waals surface area contributed by atoms with Crippen LogP contribution in [0.4, 0.5) is 5.69 Å². The first kappa shape index (κ1) is 19.8. The fourth-order valence-corrected chi connectivity index (χ4v) is 3.75. The van der Waals surface area contributed by atoms with E-state index in [1.165, 1.54) is 5.56 Å². The Morgan fingerprint density at radius 3 is 2.20 bits per heavy atom. The van der Waals surface area contributed by atoms with Crippen LogP contribution >= 0.6 is 0 Å². The Bertz CT molecular complexity index is 1060. The summed E-state index contributed by atoms with van der Waals surface area (Å²) in [5.74, 6) is 1.86. The molecule has 0 aromatic heterocycles. The minimum absolute atomic E-state index is 0.0677. The summed E-state index contributed by atoms with van der Waals surface area (Å²) in [5.41, 5.74) is 4.10. The van der Waals surface area contributed by atoms with Crippen molar-refractivity contribution in [1.82, 2.24) is 0 Å². The van der Waals surface area contributed by atoms with Crippen LogP contribution < -0.4 is 19.1 Å². The van der Waals surface area contributed by atoms with Crippen molar-refractivity contribution in [2.75, 3.05) is 19.1 Å². The van der Waals surface area contributed by atoms with Crippen LogP contribution in [-0.4, -0.2) is 26.2 Å². The third kappa shape index (κ3) is 3.47. The van der Waals surface area contributed by atoms with Gasteiger partial charge in [-0.15, -0.1) is 0 Å². The fraction of sp³-hybridized carbons (Fsp3) is 0.240. The molecule has 0 spiro atoms. The minimum atomic E-state index is -0.618. The molecule has 1 heterocycles. The van der Waals surface area contributed by atoms with Crippen LogP contribution in [0, 0.1) is 13.8 Å². The molecule has 154 valence electrons. The highest BCUT2D eigenvalue weighted by atomic mass is 16.5. The Morgan fingerprint density at radius 1 is 0.800 bits per heavy atom. The van der Waals surface area contributed by atoms with Gasteiger partial charge in [0.15, 0.2) is 11.5 Å². The maximum atomic E-state index is 13.2. The SMILES string of the molecule is COc1ccc([C@@H]2[C@@H](Oc3ccccc3)C(=O)N2c2ccc(C)c(C)c2)cc1OC. The van der Waals surface area contributed by atoms with Crippen molar-refractivity contribution in [2.45, 2.75) is 26.0 Å². The number of amides is 1. The van der Waals surface area contributed by atoms with Crippen LogP contribution in [0.5, 0.6) is 17.2 Å². The lowest BCUT2D eigenvalue weighted by molar-refractivity contribution is -0.135. The lowest BCUT2D eigenvalue weighted by atomic mass is 9.89. The second-order valence-electron chi connectivity index (χ2n) is 7.39. The van der Waals surface area contributed by atoms with E-state index in [4.69, 9.17) is 14.2 Å². The number of anilines is 1. The molecule has 3 aromatic carbocycles. The molecule has 0 unspecified atom stereocenters.